The van der Waals surface area contributed by atoms with E-state index in [0.717, 1.165) is 11.0 Å². The van der Waals surface area contributed by atoms with E-state index in [1.54, 1.807) is 6.92 Å². The van der Waals surface area contributed by atoms with Gasteiger partial charge in [0.2, 0.25) is 0 Å². The van der Waals surface area contributed by atoms with E-state index in [1.807, 2.05) is 0 Å². The number of ether oxygens (including phenoxy) is 1. The van der Waals surface area contributed by atoms with Crippen LogP contribution < -0.4 is 4.74 Å². The largest absolute Gasteiger partial charge is 0.506 e. The van der Waals surface area contributed by atoms with E-state index < -0.39 is 79.0 Å². The molecule has 2 rings (SSSR count). The number of rotatable bonds is 7. The molecule has 0 saturated heterocycles. The third kappa shape index (κ3) is 5.55. The zero-order chi connectivity index (χ0) is 25.1. The topological polar surface area (TPSA) is 118 Å². The molecule has 0 aliphatic heterocycles. The monoisotopic (exact) mass is 491 g/mol. The van der Waals surface area contributed by atoms with Gasteiger partial charge in [-0.15, -0.1) is 0 Å². The number of carbonyl (C=O) groups is 3. The summed E-state index contributed by atoms with van der Waals surface area (Å²) in [5.41, 5.74) is -3.45. The molecule has 0 atom stereocenters. The highest BCUT2D eigenvalue weighted by Gasteiger charge is 2.42. The van der Waals surface area contributed by atoms with Gasteiger partial charge in [-0.3, -0.25) is 14.4 Å². The molecule has 1 aromatic rings. The van der Waals surface area contributed by atoms with Gasteiger partial charge in [-0.25, -0.2) is 8.42 Å². The Kier molecular flexibility index (Phi) is 7.94. The Bertz CT molecular complexity index is 1090. The number of allylic oxidation sites excluding steroid dienone is 1. The molecule has 33 heavy (non-hydrogen) atoms. The van der Waals surface area contributed by atoms with Crippen LogP contribution in [0.2, 0.25) is 0 Å². The summed E-state index contributed by atoms with van der Waals surface area (Å²) < 4.78 is 72.6. The fourth-order valence-corrected chi connectivity index (χ4v) is 4.25. The first kappa shape index (κ1) is 26.4. The molecule has 182 valence electrons. The van der Waals surface area contributed by atoms with Crippen molar-refractivity contribution in [3.63, 3.8) is 0 Å². The van der Waals surface area contributed by atoms with Gasteiger partial charge in [-0.2, -0.15) is 13.2 Å². The van der Waals surface area contributed by atoms with Crippen LogP contribution in [0.25, 0.3) is 5.76 Å². The van der Waals surface area contributed by atoms with E-state index in [-0.39, 0.29) is 25.8 Å². The van der Waals surface area contributed by atoms with E-state index in [1.165, 1.54) is 14.0 Å². The second-order valence-corrected chi connectivity index (χ2v) is 9.58. The molecule has 0 spiro atoms. The smallest absolute Gasteiger partial charge is 0.420 e. The molecule has 0 heterocycles. The summed E-state index contributed by atoms with van der Waals surface area (Å²) in [6, 6.07) is 1.47. The van der Waals surface area contributed by atoms with Gasteiger partial charge in [-0.1, -0.05) is 6.92 Å². The quantitative estimate of drug-likeness (QED) is 0.354. The van der Waals surface area contributed by atoms with Crippen LogP contribution in [0.4, 0.5) is 13.2 Å². The maximum absolute atomic E-state index is 14.2. The fraction of sp³-hybridized carbons (Fsp3) is 0.476. The highest BCUT2D eigenvalue weighted by atomic mass is 32.2. The zero-order valence-electron chi connectivity index (χ0n) is 18.3. The first-order valence-electron chi connectivity index (χ1n) is 10.1. The van der Waals surface area contributed by atoms with Gasteiger partial charge in [0.15, 0.2) is 33.8 Å². The van der Waals surface area contributed by atoms with Gasteiger partial charge in [0.1, 0.15) is 21.8 Å². The summed E-state index contributed by atoms with van der Waals surface area (Å²) in [6.07, 6.45) is -5.32. The molecule has 1 saturated carbocycles. The minimum absolute atomic E-state index is 0.129. The first-order valence-corrected chi connectivity index (χ1v) is 11.7. The van der Waals surface area contributed by atoms with Gasteiger partial charge in [0, 0.05) is 32.0 Å². The molecular formula is C21H24F3NO7S. The zero-order valence-corrected chi connectivity index (χ0v) is 19.1. The Hall–Kier alpha value is -2.89. The number of ketones is 2. The number of amides is 1. The maximum Gasteiger partial charge on any atom is 0.420 e. The lowest BCUT2D eigenvalue weighted by atomic mass is 9.88. The van der Waals surface area contributed by atoms with Gasteiger partial charge in [0.25, 0.3) is 5.91 Å². The Morgan fingerprint density at radius 3 is 2.21 bits per heavy atom. The number of benzene rings is 1. The molecule has 0 bridgehead atoms. The van der Waals surface area contributed by atoms with Crippen molar-refractivity contribution in [3.8, 4) is 5.75 Å². The molecule has 12 heteroatoms. The van der Waals surface area contributed by atoms with Crippen molar-refractivity contribution in [2.45, 2.75) is 44.2 Å². The van der Waals surface area contributed by atoms with Crippen molar-refractivity contribution in [2.24, 2.45) is 0 Å². The van der Waals surface area contributed by atoms with Crippen molar-refractivity contribution in [2.75, 3.05) is 26.0 Å². The summed E-state index contributed by atoms with van der Waals surface area (Å²) in [5, 5.41) is 10.6. The molecule has 0 radical (unpaired) electrons. The minimum atomic E-state index is -5.26. The summed E-state index contributed by atoms with van der Waals surface area (Å²) in [6.45, 7) is 2.16. The lowest BCUT2D eigenvalue weighted by Gasteiger charge is -2.22. The summed E-state index contributed by atoms with van der Waals surface area (Å²) in [5.74, 6) is -5.29. The predicted molar refractivity (Wildman–Crippen MR) is 111 cm³/mol. The Labute approximate surface area is 188 Å². The van der Waals surface area contributed by atoms with Gasteiger partial charge >= 0.3 is 6.18 Å². The number of halogens is 3. The molecule has 0 unspecified atom stereocenters. The van der Waals surface area contributed by atoms with Gasteiger partial charge in [-0.05, 0) is 25.5 Å². The van der Waals surface area contributed by atoms with Gasteiger partial charge in [0.05, 0.1) is 5.75 Å². The second-order valence-electron chi connectivity index (χ2n) is 7.34. The molecule has 0 aromatic heterocycles. The van der Waals surface area contributed by atoms with Crippen LogP contribution in [0.15, 0.2) is 22.6 Å². The van der Waals surface area contributed by atoms with E-state index >= 15 is 0 Å². The number of hydrogen-bond acceptors (Lipinski definition) is 7. The number of Topliss-reactive ketones (excluding diaryl/α,β-unsaturated/α-hetero) is 2. The number of nitrogens with zero attached hydrogens (tertiary/aromatic N) is 1. The Morgan fingerprint density at radius 2 is 1.73 bits per heavy atom. The van der Waals surface area contributed by atoms with Crippen LogP contribution in [0, 0.1) is 0 Å². The lowest BCUT2D eigenvalue weighted by molar-refractivity contribution is -0.141. The highest BCUT2D eigenvalue weighted by Crippen LogP contribution is 2.45. The number of aliphatic hydroxyl groups is 1. The first-order chi connectivity index (χ1) is 15.3. The van der Waals surface area contributed by atoms with Crippen LogP contribution in [-0.2, 0) is 30.4 Å². The Morgan fingerprint density at radius 1 is 1.15 bits per heavy atom. The third-order valence-electron chi connectivity index (χ3n) is 5.22. The van der Waals surface area contributed by atoms with Crippen molar-refractivity contribution in [3.05, 3.63) is 28.8 Å². The Balaban J connectivity index is 2.84. The highest BCUT2D eigenvalue weighted by molar-refractivity contribution is 7.91. The normalized spacial score (nSPS) is 14.9. The average molecular weight is 491 g/mol. The van der Waals surface area contributed by atoms with E-state index in [9.17, 15) is 41.1 Å². The number of likely N-dealkylation sites (N-methyl/N-ethyl adjacent to an activating group) is 1. The van der Waals surface area contributed by atoms with Crippen LogP contribution >= 0.6 is 0 Å². The van der Waals surface area contributed by atoms with E-state index in [0.29, 0.717) is 6.07 Å². The number of carbonyl (C=O) groups excluding carboxylic acids is 3. The molecule has 1 amide bonds. The molecule has 1 fully saturated rings. The fourth-order valence-electron chi connectivity index (χ4n) is 3.22. The standard InChI is InChI=1S/C21H24F3NO7S/c1-4-25(3)16(28)11-32-20-15(33(30,31)5-2)10-9-12(18(20)21(22,23)24)19(29)17-13(26)7-6-8-14(17)27/h9-10,29H,4-8,11H2,1-3H3. The number of hydrogen-bond donors (Lipinski definition) is 1. The number of alkyl halides is 3. The SMILES string of the molecule is CCN(C)C(=O)COc1c(S(=O)(=O)CC)ccc(C(O)=C2C(=O)CCCC2=O)c1C(F)(F)F. The van der Waals surface area contributed by atoms with Crippen LogP contribution in [-0.4, -0.2) is 61.9 Å². The summed E-state index contributed by atoms with van der Waals surface area (Å²) in [7, 11) is -2.87. The van der Waals surface area contributed by atoms with E-state index in [4.69, 9.17) is 4.74 Å². The molecular weight excluding hydrogens is 467 g/mol. The minimum Gasteiger partial charge on any atom is -0.506 e. The van der Waals surface area contributed by atoms with Crippen molar-refractivity contribution in [1.82, 2.24) is 4.90 Å². The van der Waals surface area contributed by atoms with Crippen LogP contribution in [0.5, 0.6) is 5.75 Å². The van der Waals surface area contributed by atoms with Crippen molar-refractivity contribution >= 4 is 33.1 Å². The summed E-state index contributed by atoms with van der Waals surface area (Å²) >= 11 is 0. The summed E-state index contributed by atoms with van der Waals surface area (Å²) in [4.78, 5) is 36.8. The molecule has 1 aromatic carbocycles. The molecule has 1 N–H and O–H groups in total. The maximum atomic E-state index is 14.2. The second kappa shape index (κ2) is 9.94. The van der Waals surface area contributed by atoms with Gasteiger partial charge < -0.3 is 14.7 Å². The lowest BCUT2D eigenvalue weighted by Crippen LogP contribution is -2.31. The molecule has 1 aliphatic carbocycles. The van der Waals surface area contributed by atoms with E-state index in [2.05, 4.69) is 0 Å². The predicted octanol–water partition coefficient (Wildman–Crippen LogP) is 2.95. The van der Waals surface area contributed by atoms with Crippen molar-refractivity contribution < 1.29 is 45.8 Å². The average Bonchev–Trinajstić information content (AvgIpc) is 2.75. The molecule has 8 nitrogen and oxygen atoms in total. The third-order valence-corrected chi connectivity index (χ3v) is 6.97. The number of aliphatic hydroxyl groups excluding tert-OH is 1. The van der Waals surface area contributed by atoms with Crippen LogP contribution in [0.3, 0.4) is 0 Å². The number of sulfone groups is 1. The van der Waals surface area contributed by atoms with Crippen LogP contribution in [0.1, 0.15) is 44.2 Å². The molecule has 1 aliphatic rings. The van der Waals surface area contributed by atoms with Crippen molar-refractivity contribution in [1.29, 1.82) is 0 Å².